The van der Waals surface area contributed by atoms with Crippen LogP contribution < -0.4 is 0 Å². The summed E-state index contributed by atoms with van der Waals surface area (Å²) < 4.78 is 0. The predicted molar refractivity (Wildman–Crippen MR) is 118 cm³/mol. The molecule has 4 aromatic carbocycles. The zero-order chi connectivity index (χ0) is 18.4. The standard InChI is InChI=1S/C27H20/c1-18-17-19(2)25-24(18)26(20-11-5-3-6-12-20)22-15-9-10-16-23(22)27(25)21-13-7-4-8-14-21/h3-17H,1H2,2H3. The van der Waals surface area contributed by atoms with Gasteiger partial charge in [0.2, 0.25) is 0 Å². The Labute approximate surface area is 160 Å². The number of rotatable bonds is 2. The highest BCUT2D eigenvalue weighted by Crippen LogP contribution is 2.50. The quantitative estimate of drug-likeness (QED) is 0.351. The van der Waals surface area contributed by atoms with Gasteiger partial charge in [-0.25, -0.2) is 0 Å². The zero-order valence-corrected chi connectivity index (χ0v) is 15.4. The molecule has 4 aromatic rings. The molecule has 0 saturated carbocycles. The monoisotopic (exact) mass is 344 g/mol. The first-order valence-electron chi connectivity index (χ1n) is 9.33. The van der Waals surface area contributed by atoms with E-state index in [0.717, 1.165) is 5.57 Å². The van der Waals surface area contributed by atoms with Crippen molar-refractivity contribution in [1.82, 2.24) is 0 Å². The fourth-order valence-electron chi connectivity index (χ4n) is 4.37. The summed E-state index contributed by atoms with van der Waals surface area (Å²) in [5.41, 5.74) is 10.1. The first-order valence-corrected chi connectivity index (χ1v) is 9.33. The molecule has 0 radical (unpaired) electrons. The maximum atomic E-state index is 4.40. The molecule has 0 amide bonds. The maximum absolute atomic E-state index is 4.40. The molecule has 0 bridgehead atoms. The predicted octanol–water partition coefficient (Wildman–Crippen LogP) is 7.60. The molecule has 1 aliphatic rings. The van der Waals surface area contributed by atoms with Crippen molar-refractivity contribution in [3.63, 3.8) is 0 Å². The Bertz CT molecular complexity index is 1210. The van der Waals surface area contributed by atoms with E-state index in [9.17, 15) is 0 Å². The van der Waals surface area contributed by atoms with Gasteiger partial charge in [-0.05, 0) is 62.2 Å². The second-order valence-electron chi connectivity index (χ2n) is 7.13. The van der Waals surface area contributed by atoms with E-state index in [0.29, 0.717) is 0 Å². The van der Waals surface area contributed by atoms with Crippen LogP contribution in [-0.2, 0) is 0 Å². The molecule has 1 aliphatic carbocycles. The van der Waals surface area contributed by atoms with E-state index >= 15 is 0 Å². The summed E-state index contributed by atoms with van der Waals surface area (Å²) in [6.45, 7) is 6.60. The van der Waals surface area contributed by atoms with Crippen LogP contribution in [0.3, 0.4) is 0 Å². The van der Waals surface area contributed by atoms with Crippen molar-refractivity contribution < 1.29 is 0 Å². The van der Waals surface area contributed by atoms with Gasteiger partial charge in [0.05, 0.1) is 0 Å². The second-order valence-corrected chi connectivity index (χ2v) is 7.13. The maximum Gasteiger partial charge on any atom is -0.00205 e. The van der Waals surface area contributed by atoms with E-state index in [2.05, 4.69) is 105 Å². The molecule has 0 heterocycles. The summed E-state index contributed by atoms with van der Waals surface area (Å²) in [4.78, 5) is 0. The summed E-state index contributed by atoms with van der Waals surface area (Å²) in [5.74, 6) is 0. The minimum Gasteiger partial charge on any atom is -0.0911 e. The smallest absolute Gasteiger partial charge is 0.00205 e. The molecule has 0 fully saturated rings. The van der Waals surface area contributed by atoms with E-state index < -0.39 is 0 Å². The Balaban J connectivity index is 2.01. The van der Waals surface area contributed by atoms with Crippen molar-refractivity contribution in [2.75, 3.05) is 0 Å². The summed E-state index contributed by atoms with van der Waals surface area (Å²) in [7, 11) is 0. The second kappa shape index (κ2) is 6.10. The van der Waals surface area contributed by atoms with Crippen molar-refractivity contribution >= 4 is 21.9 Å². The molecule has 5 rings (SSSR count). The van der Waals surface area contributed by atoms with Crippen LogP contribution in [0.4, 0.5) is 0 Å². The van der Waals surface area contributed by atoms with E-state index in [1.165, 1.54) is 49.7 Å². The molecule has 128 valence electrons. The molecular formula is C27H20. The van der Waals surface area contributed by atoms with Gasteiger partial charge in [0.1, 0.15) is 0 Å². The highest BCUT2D eigenvalue weighted by atomic mass is 14.3. The van der Waals surface area contributed by atoms with Crippen molar-refractivity contribution in [3.8, 4) is 22.3 Å². The third kappa shape index (κ3) is 2.38. The van der Waals surface area contributed by atoms with Crippen molar-refractivity contribution in [2.45, 2.75) is 6.92 Å². The van der Waals surface area contributed by atoms with Crippen molar-refractivity contribution in [2.24, 2.45) is 0 Å². The Morgan fingerprint density at radius 1 is 0.519 bits per heavy atom. The summed E-state index contributed by atoms with van der Waals surface area (Å²) >= 11 is 0. The van der Waals surface area contributed by atoms with E-state index in [1.807, 2.05) is 0 Å². The van der Waals surface area contributed by atoms with Gasteiger partial charge in [-0.2, -0.15) is 0 Å². The molecule has 0 heteroatoms. The van der Waals surface area contributed by atoms with E-state index in [1.54, 1.807) is 0 Å². The summed E-state index contributed by atoms with van der Waals surface area (Å²) in [6, 6.07) is 30.2. The van der Waals surface area contributed by atoms with Gasteiger partial charge >= 0.3 is 0 Å². The van der Waals surface area contributed by atoms with Crippen LogP contribution in [-0.4, -0.2) is 0 Å². The molecule has 0 N–H and O–H groups in total. The molecule has 0 saturated heterocycles. The Morgan fingerprint density at radius 2 is 0.963 bits per heavy atom. The fraction of sp³-hybridized carbons (Fsp3) is 0.0370. The lowest BCUT2D eigenvalue weighted by Gasteiger charge is -2.20. The lowest BCUT2D eigenvalue weighted by atomic mass is 9.82. The number of benzene rings is 4. The minimum absolute atomic E-state index is 1.10. The van der Waals surface area contributed by atoms with Crippen LogP contribution >= 0.6 is 0 Å². The van der Waals surface area contributed by atoms with Crippen molar-refractivity contribution in [1.29, 1.82) is 0 Å². The molecule has 0 nitrogen and oxygen atoms in total. The van der Waals surface area contributed by atoms with Crippen LogP contribution in [0.5, 0.6) is 0 Å². The molecule has 27 heavy (non-hydrogen) atoms. The van der Waals surface area contributed by atoms with Crippen molar-refractivity contribution in [3.05, 3.63) is 109 Å². The van der Waals surface area contributed by atoms with Gasteiger partial charge in [0.25, 0.3) is 0 Å². The summed E-state index contributed by atoms with van der Waals surface area (Å²) in [5, 5.41) is 2.58. The molecule has 0 unspecified atom stereocenters. The molecule has 0 spiro atoms. The van der Waals surface area contributed by atoms with Gasteiger partial charge in [-0.3, -0.25) is 0 Å². The lowest BCUT2D eigenvalue weighted by Crippen LogP contribution is -1.96. The normalized spacial score (nSPS) is 12.9. The number of hydrogen-bond donors (Lipinski definition) is 0. The van der Waals surface area contributed by atoms with Gasteiger partial charge < -0.3 is 0 Å². The van der Waals surface area contributed by atoms with Gasteiger partial charge in [0, 0.05) is 0 Å². The molecule has 0 aromatic heterocycles. The minimum atomic E-state index is 1.10. The Morgan fingerprint density at radius 3 is 1.48 bits per heavy atom. The van der Waals surface area contributed by atoms with Crippen LogP contribution in [0.15, 0.2) is 97.6 Å². The lowest BCUT2D eigenvalue weighted by molar-refractivity contribution is 1.55. The molecule has 0 atom stereocenters. The highest BCUT2D eigenvalue weighted by molar-refractivity contribution is 6.17. The SMILES string of the molecule is C=C1C=C(C)c2c1c(-c1ccccc1)c1ccccc1c2-c1ccccc1. The third-order valence-corrected chi connectivity index (χ3v) is 5.45. The highest BCUT2D eigenvalue weighted by Gasteiger charge is 2.26. The number of hydrogen-bond acceptors (Lipinski definition) is 0. The topological polar surface area (TPSA) is 0 Å². The van der Waals surface area contributed by atoms with E-state index in [-0.39, 0.29) is 0 Å². The first-order chi connectivity index (χ1) is 13.3. The van der Waals surface area contributed by atoms with Crippen LogP contribution in [0.2, 0.25) is 0 Å². The zero-order valence-electron chi connectivity index (χ0n) is 15.4. The van der Waals surface area contributed by atoms with Gasteiger partial charge in [-0.15, -0.1) is 0 Å². The number of fused-ring (bicyclic) bond motifs is 2. The molecular weight excluding hydrogens is 324 g/mol. The first kappa shape index (κ1) is 15.8. The summed E-state index contributed by atoms with van der Waals surface area (Å²) in [6.07, 6.45) is 2.22. The van der Waals surface area contributed by atoms with Crippen LogP contribution in [0, 0.1) is 0 Å². The van der Waals surface area contributed by atoms with Gasteiger partial charge in [0.15, 0.2) is 0 Å². The van der Waals surface area contributed by atoms with E-state index in [4.69, 9.17) is 0 Å². The Kier molecular flexibility index (Phi) is 3.58. The average molecular weight is 344 g/mol. The molecule has 0 aliphatic heterocycles. The van der Waals surface area contributed by atoms with Crippen LogP contribution in [0.25, 0.3) is 44.2 Å². The fourth-order valence-corrected chi connectivity index (χ4v) is 4.37. The number of allylic oxidation sites excluding steroid dienone is 3. The van der Waals surface area contributed by atoms with Crippen LogP contribution in [0.1, 0.15) is 18.1 Å². The third-order valence-electron chi connectivity index (χ3n) is 5.45. The average Bonchev–Trinajstić information content (AvgIpc) is 3.01. The van der Waals surface area contributed by atoms with Gasteiger partial charge in [-0.1, -0.05) is 97.6 Å². The Hall–Kier alpha value is -3.38. The largest absolute Gasteiger partial charge is 0.0911 e.